The lowest BCUT2D eigenvalue weighted by Gasteiger charge is -2.31. The molecule has 5 heteroatoms. The van der Waals surface area contributed by atoms with E-state index in [9.17, 15) is 9.59 Å². The maximum atomic E-state index is 12.3. The average molecular weight is 301 g/mol. The second kappa shape index (κ2) is 6.46. The van der Waals surface area contributed by atoms with Crippen LogP contribution < -0.4 is 0 Å². The summed E-state index contributed by atoms with van der Waals surface area (Å²) in [6.45, 7) is 4.92. The summed E-state index contributed by atoms with van der Waals surface area (Å²) in [7, 11) is 0. The summed E-state index contributed by atoms with van der Waals surface area (Å²) in [4.78, 5) is 32.1. The molecule has 0 aromatic carbocycles. The van der Waals surface area contributed by atoms with Crippen molar-refractivity contribution in [1.29, 1.82) is 0 Å². The summed E-state index contributed by atoms with van der Waals surface area (Å²) in [6, 6.07) is 3.84. The summed E-state index contributed by atoms with van der Waals surface area (Å²) in [5.41, 5.74) is 1.66. The molecule has 22 heavy (non-hydrogen) atoms. The lowest BCUT2D eigenvalue weighted by Crippen LogP contribution is -2.37. The molecule has 2 saturated heterocycles. The van der Waals surface area contributed by atoms with Crippen LogP contribution in [0.4, 0.5) is 0 Å². The molecule has 0 N–H and O–H groups in total. The molecule has 2 fully saturated rings. The van der Waals surface area contributed by atoms with Crippen LogP contribution in [-0.2, 0) is 4.79 Å². The van der Waals surface area contributed by atoms with Crippen molar-refractivity contribution in [2.45, 2.75) is 38.5 Å². The van der Waals surface area contributed by atoms with Crippen molar-refractivity contribution in [3.05, 3.63) is 29.6 Å². The third-order valence-electron chi connectivity index (χ3n) is 4.71. The van der Waals surface area contributed by atoms with Crippen molar-refractivity contribution in [1.82, 2.24) is 14.8 Å². The smallest absolute Gasteiger partial charge is 0.255 e. The highest BCUT2D eigenvalue weighted by Crippen LogP contribution is 2.26. The standard InChI is InChI=1S/C17H23N3O2/c1-13(21)20-10-4-5-15(12-20)16-7-6-14(11-18-16)17(22)19-8-2-3-9-19/h6-7,11,15H,2-5,8-10,12H2,1H3/t15-/m1/s1. The molecule has 5 nitrogen and oxygen atoms in total. The highest BCUT2D eigenvalue weighted by Gasteiger charge is 2.24. The van der Waals surface area contributed by atoms with Crippen LogP contribution in [0.15, 0.2) is 18.3 Å². The Bertz CT molecular complexity index is 550. The number of likely N-dealkylation sites (tertiary alicyclic amines) is 2. The van der Waals surface area contributed by atoms with Gasteiger partial charge in [0.15, 0.2) is 0 Å². The van der Waals surface area contributed by atoms with Gasteiger partial charge in [-0.1, -0.05) is 0 Å². The molecule has 2 aliphatic rings. The van der Waals surface area contributed by atoms with Gasteiger partial charge < -0.3 is 9.80 Å². The third kappa shape index (κ3) is 3.13. The van der Waals surface area contributed by atoms with Gasteiger partial charge in [0, 0.05) is 50.9 Å². The fourth-order valence-corrected chi connectivity index (χ4v) is 3.38. The predicted molar refractivity (Wildman–Crippen MR) is 83.6 cm³/mol. The first-order valence-corrected chi connectivity index (χ1v) is 8.16. The molecule has 0 spiro atoms. The zero-order valence-corrected chi connectivity index (χ0v) is 13.1. The molecule has 0 saturated carbocycles. The minimum atomic E-state index is 0.0885. The summed E-state index contributed by atoms with van der Waals surface area (Å²) in [6.07, 6.45) is 5.96. The molecule has 0 aliphatic carbocycles. The Morgan fingerprint density at radius 2 is 1.82 bits per heavy atom. The fraction of sp³-hybridized carbons (Fsp3) is 0.588. The summed E-state index contributed by atoms with van der Waals surface area (Å²) >= 11 is 0. The van der Waals surface area contributed by atoms with E-state index in [-0.39, 0.29) is 17.7 Å². The topological polar surface area (TPSA) is 53.5 Å². The first-order valence-electron chi connectivity index (χ1n) is 8.16. The Balaban J connectivity index is 1.68. The van der Waals surface area contributed by atoms with E-state index in [1.807, 2.05) is 21.9 Å². The van der Waals surface area contributed by atoms with Crippen molar-refractivity contribution in [2.75, 3.05) is 26.2 Å². The summed E-state index contributed by atoms with van der Waals surface area (Å²) in [5, 5.41) is 0. The highest BCUT2D eigenvalue weighted by molar-refractivity contribution is 5.94. The number of carbonyl (C=O) groups excluding carboxylic acids is 2. The molecular formula is C17H23N3O2. The minimum Gasteiger partial charge on any atom is -0.342 e. The molecule has 1 aromatic rings. The van der Waals surface area contributed by atoms with Gasteiger partial charge in [0.05, 0.1) is 5.56 Å². The largest absolute Gasteiger partial charge is 0.342 e. The Morgan fingerprint density at radius 3 is 2.45 bits per heavy atom. The molecule has 0 radical (unpaired) electrons. The van der Waals surface area contributed by atoms with Crippen molar-refractivity contribution in [3.63, 3.8) is 0 Å². The number of pyridine rings is 1. The number of hydrogen-bond donors (Lipinski definition) is 0. The van der Waals surface area contributed by atoms with Crippen molar-refractivity contribution < 1.29 is 9.59 Å². The van der Waals surface area contributed by atoms with Gasteiger partial charge in [-0.25, -0.2) is 0 Å². The average Bonchev–Trinajstić information content (AvgIpc) is 3.09. The van der Waals surface area contributed by atoms with Crippen LogP contribution in [0.3, 0.4) is 0 Å². The molecule has 118 valence electrons. The zero-order chi connectivity index (χ0) is 15.5. The fourth-order valence-electron chi connectivity index (χ4n) is 3.38. The Labute approximate surface area is 131 Å². The minimum absolute atomic E-state index is 0.0885. The van der Waals surface area contributed by atoms with Crippen LogP contribution in [0.5, 0.6) is 0 Å². The Morgan fingerprint density at radius 1 is 1.09 bits per heavy atom. The quantitative estimate of drug-likeness (QED) is 0.840. The molecule has 2 aliphatic heterocycles. The van der Waals surface area contributed by atoms with Crippen LogP contribution in [0.25, 0.3) is 0 Å². The SMILES string of the molecule is CC(=O)N1CCC[C@@H](c2ccc(C(=O)N3CCCC3)cn2)C1. The molecule has 0 unspecified atom stereocenters. The lowest BCUT2D eigenvalue weighted by atomic mass is 9.94. The van der Waals surface area contributed by atoms with Gasteiger partial charge in [-0.2, -0.15) is 0 Å². The maximum absolute atomic E-state index is 12.3. The number of nitrogens with zero attached hydrogens (tertiary/aromatic N) is 3. The Hall–Kier alpha value is -1.91. The van der Waals surface area contributed by atoms with Crippen molar-refractivity contribution >= 4 is 11.8 Å². The number of piperidine rings is 1. The van der Waals surface area contributed by atoms with Crippen LogP contribution in [0.2, 0.25) is 0 Å². The number of hydrogen-bond acceptors (Lipinski definition) is 3. The van der Waals surface area contributed by atoms with Crippen molar-refractivity contribution in [3.8, 4) is 0 Å². The van der Waals surface area contributed by atoms with E-state index in [0.717, 1.165) is 57.6 Å². The molecule has 3 heterocycles. The first-order chi connectivity index (χ1) is 10.6. The van der Waals surface area contributed by atoms with Gasteiger partial charge in [-0.3, -0.25) is 14.6 Å². The number of rotatable bonds is 2. The molecule has 2 amide bonds. The van der Waals surface area contributed by atoms with Gasteiger partial charge >= 0.3 is 0 Å². The second-order valence-electron chi connectivity index (χ2n) is 6.28. The maximum Gasteiger partial charge on any atom is 0.255 e. The number of amides is 2. The molecule has 1 aromatic heterocycles. The van der Waals surface area contributed by atoms with E-state index in [1.54, 1.807) is 13.1 Å². The summed E-state index contributed by atoms with van der Waals surface area (Å²) < 4.78 is 0. The summed E-state index contributed by atoms with van der Waals surface area (Å²) in [5.74, 6) is 0.504. The van der Waals surface area contributed by atoms with E-state index in [0.29, 0.717) is 5.56 Å². The Kier molecular flexibility index (Phi) is 4.41. The van der Waals surface area contributed by atoms with Crippen LogP contribution >= 0.6 is 0 Å². The van der Waals surface area contributed by atoms with Gasteiger partial charge in [-0.15, -0.1) is 0 Å². The second-order valence-corrected chi connectivity index (χ2v) is 6.28. The first kappa shape index (κ1) is 15.0. The van der Waals surface area contributed by atoms with E-state index in [2.05, 4.69) is 4.98 Å². The van der Waals surface area contributed by atoms with E-state index >= 15 is 0 Å². The lowest BCUT2D eigenvalue weighted by molar-refractivity contribution is -0.130. The van der Waals surface area contributed by atoms with Gasteiger partial charge in [0.2, 0.25) is 5.91 Å². The normalized spacial score (nSPS) is 22.0. The van der Waals surface area contributed by atoms with E-state index in [4.69, 9.17) is 0 Å². The monoisotopic (exact) mass is 301 g/mol. The number of aromatic nitrogens is 1. The number of carbonyl (C=O) groups is 2. The van der Waals surface area contributed by atoms with Crippen LogP contribution in [0, 0.1) is 0 Å². The van der Waals surface area contributed by atoms with E-state index in [1.165, 1.54) is 0 Å². The molecular weight excluding hydrogens is 278 g/mol. The van der Waals surface area contributed by atoms with Gasteiger partial charge in [-0.05, 0) is 37.8 Å². The highest BCUT2D eigenvalue weighted by atomic mass is 16.2. The van der Waals surface area contributed by atoms with Gasteiger partial charge in [0.25, 0.3) is 5.91 Å². The molecule has 3 rings (SSSR count). The van der Waals surface area contributed by atoms with Crippen LogP contribution in [-0.4, -0.2) is 52.8 Å². The van der Waals surface area contributed by atoms with Crippen LogP contribution in [0.1, 0.15) is 54.6 Å². The van der Waals surface area contributed by atoms with E-state index < -0.39 is 0 Å². The van der Waals surface area contributed by atoms with Gasteiger partial charge in [0.1, 0.15) is 0 Å². The predicted octanol–water partition coefficient (Wildman–Crippen LogP) is 2.04. The third-order valence-corrected chi connectivity index (χ3v) is 4.71. The molecule has 1 atom stereocenters. The van der Waals surface area contributed by atoms with Crippen molar-refractivity contribution in [2.24, 2.45) is 0 Å². The zero-order valence-electron chi connectivity index (χ0n) is 13.1. The molecule has 0 bridgehead atoms.